The van der Waals surface area contributed by atoms with Crippen LogP contribution in [-0.4, -0.2) is 34.6 Å². The Hall–Kier alpha value is -2.67. The summed E-state index contributed by atoms with van der Waals surface area (Å²) in [6.45, 7) is 3.38. The highest BCUT2D eigenvalue weighted by Crippen LogP contribution is 2.21. The molecule has 1 heterocycles. The molecular formula is C18H20ClN3O4. The van der Waals surface area contributed by atoms with E-state index in [0.29, 0.717) is 22.0 Å². The minimum atomic E-state index is -0.812. The average molecular weight is 378 g/mol. The number of halogens is 1. The van der Waals surface area contributed by atoms with E-state index in [0.717, 1.165) is 0 Å². The van der Waals surface area contributed by atoms with Crippen LogP contribution in [0.3, 0.4) is 0 Å². The van der Waals surface area contributed by atoms with Gasteiger partial charge in [0.2, 0.25) is 0 Å². The summed E-state index contributed by atoms with van der Waals surface area (Å²) in [4.78, 5) is 36.8. The van der Waals surface area contributed by atoms with Crippen LogP contribution in [0, 0.1) is 13.8 Å². The number of nitrogens with zero attached hydrogens (tertiary/aromatic N) is 2. The lowest BCUT2D eigenvalue weighted by atomic mass is 10.0. The maximum Gasteiger partial charge on any atom is 0.307 e. The van der Waals surface area contributed by atoms with Crippen LogP contribution in [0.2, 0.25) is 5.02 Å². The molecular weight excluding hydrogens is 358 g/mol. The zero-order chi connectivity index (χ0) is 19.4. The third-order valence-corrected chi connectivity index (χ3v) is 4.37. The second-order valence-electron chi connectivity index (χ2n) is 5.86. The molecule has 0 aliphatic carbocycles. The van der Waals surface area contributed by atoms with Gasteiger partial charge in [0.15, 0.2) is 0 Å². The number of rotatable bonds is 6. The molecule has 0 aliphatic rings. The van der Waals surface area contributed by atoms with Crippen molar-refractivity contribution in [1.29, 1.82) is 0 Å². The van der Waals surface area contributed by atoms with Crippen LogP contribution in [-0.2, 0) is 21.4 Å². The zero-order valence-electron chi connectivity index (χ0n) is 15.0. The lowest BCUT2D eigenvalue weighted by Crippen LogP contribution is -2.36. The molecule has 0 spiro atoms. The van der Waals surface area contributed by atoms with E-state index in [2.05, 4.69) is 15.2 Å². The number of aromatic nitrogens is 2. The standard InChI is InChI=1S/C18H20ClN3O4/c1-10-16(11(2)22(3)21-10)17(24)18(25)20-14(9-15(23)26-4)12-5-7-13(19)8-6-12/h5-8,14H,9H2,1-4H3,(H,20,25). The number of aryl methyl sites for hydroxylation is 2. The molecule has 0 saturated carbocycles. The predicted octanol–water partition coefficient (Wildman–Crippen LogP) is 2.29. The van der Waals surface area contributed by atoms with Gasteiger partial charge in [0, 0.05) is 17.8 Å². The average Bonchev–Trinajstić information content (AvgIpc) is 2.86. The number of benzene rings is 1. The fraction of sp³-hybridized carbons (Fsp3) is 0.333. The Kier molecular flexibility index (Phi) is 6.15. The number of hydrogen-bond acceptors (Lipinski definition) is 5. The molecule has 1 aromatic heterocycles. The summed E-state index contributed by atoms with van der Waals surface area (Å²) in [5.74, 6) is -2.02. The van der Waals surface area contributed by atoms with Crippen molar-refractivity contribution in [2.45, 2.75) is 26.3 Å². The molecule has 26 heavy (non-hydrogen) atoms. The minimum Gasteiger partial charge on any atom is -0.469 e. The van der Waals surface area contributed by atoms with E-state index >= 15 is 0 Å². The van der Waals surface area contributed by atoms with Gasteiger partial charge in [-0.25, -0.2) is 0 Å². The number of hydrogen-bond donors (Lipinski definition) is 1. The maximum atomic E-state index is 12.6. The van der Waals surface area contributed by atoms with Gasteiger partial charge in [0.1, 0.15) is 0 Å². The summed E-state index contributed by atoms with van der Waals surface area (Å²) in [7, 11) is 2.96. The first kappa shape index (κ1) is 19.7. The van der Waals surface area contributed by atoms with Crippen molar-refractivity contribution in [1.82, 2.24) is 15.1 Å². The van der Waals surface area contributed by atoms with Crippen molar-refractivity contribution >= 4 is 29.3 Å². The van der Waals surface area contributed by atoms with Crippen LogP contribution in [0.4, 0.5) is 0 Å². The van der Waals surface area contributed by atoms with Crippen molar-refractivity contribution in [3.05, 3.63) is 51.8 Å². The van der Waals surface area contributed by atoms with Gasteiger partial charge in [0.05, 0.1) is 30.8 Å². The number of ether oxygens (including phenoxy) is 1. The Balaban J connectivity index is 2.26. The van der Waals surface area contributed by atoms with E-state index in [1.54, 1.807) is 49.8 Å². The highest BCUT2D eigenvalue weighted by Gasteiger charge is 2.27. The van der Waals surface area contributed by atoms with E-state index < -0.39 is 23.7 Å². The smallest absolute Gasteiger partial charge is 0.307 e. The largest absolute Gasteiger partial charge is 0.469 e. The lowest BCUT2D eigenvalue weighted by molar-refractivity contribution is -0.141. The molecule has 7 nitrogen and oxygen atoms in total. The normalized spacial score (nSPS) is 11.7. The summed E-state index contributed by atoms with van der Waals surface area (Å²) in [5.41, 5.74) is 1.97. The van der Waals surface area contributed by atoms with Gasteiger partial charge in [-0.3, -0.25) is 19.1 Å². The first-order valence-corrected chi connectivity index (χ1v) is 8.30. The van der Waals surface area contributed by atoms with Crippen molar-refractivity contribution in [3.63, 3.8) is 0 Å². The number of ketones is 1. The predicted molar refractivity (Wildman–Crippen MR) is 96.0 cm³/mol. The van der Waals surface area contributed by atoms with E-state index in [1.165, 1.54) is 7.11 Å². The van der Waals surface area contributed by atoms with E-state index in [4.69, 9.17) is 11.6 Å². The van der Waals surface area contributed by atoms with Gasteiger partial charge >= 0.3 is 5.97 Å². The first-order chi connectivity index (χ1) is 12.2. The first-order valence-electron chi connectivity index (χ1n) is 7.92. The quantitative estimate of drug-likeness (QED) is 0.474. The molecule has 1 N–H and O–H groups in total. The summed E-state index contributed by atoms with van der Waals surface area (Å²) in [6.07, 6.45) is -0.109. The second-order valence-corrected chi connectivity index (χ2v) is 6.29. The Labute approximate surface area is 156 Å². The van der Waals surface area contributed by atoms with Crippen LogP contribution < -0.4 is 5.32 Å². The molecule has 0 saturated heterocycles. The van der Waals surface area contributed by atoms with Gasteiger partial charge in [0.25, 0.3) is 11.7 Å². The molecule has 138 valence electrons. The van der Waals surface area contributed by atoms with Gasteiger partial charge in [-0.05, 0) is 31.5 Å². The Morgan fingerprint density at radius 2 is 1.85 bits per heavy atom. The zero-order valence-corrected chi connectivity index (χ0v) is 15.8. The molecule has 0 radical (unpaired) electrons. The summed E-state index contributed by atoms with van der Waals surface area (Å²) >= 11 is 5.88. The highest BCUT2D eigenvalue weighted by molar-refractivity contribution is 6.43. The number of Topliss-reactive ketones (excluding diaryl/α,β-unsaturated/α-hetero) is 1. The Morgan fingerprint density at radius 1 is 1.23 bits per heavy atom. The summed E-state index contributed by atoms with van der Waals surface area (Å²) in [6, 6.07) is 5.94. The Bertz CT molecular complexity index is 843. The molecule has 1 unspecified atom stereocenters. The molecule has 0 bridgehead atoms. The molecule has 2 rings (SSSR count). The Morgan fingerprint density at radius 3 is 2.35 bits per heavy atom. The highest BCUT2D eigenvalue weighted by atomic mass is 35.5. The van der Waals surface area contributed by atoms with Gasteiger partial charge in [-0.2, -0.15) is 5.10 Å². The number of nitrogens with one attached hydrogen (secondary N) is 1. The molecule has 1 aromatic carbocycles. The number of methoxy groups -OCH3 is 1. The lowest BCUT2D eigenvalue weighted by Gasteiger charge is -2.18. The minimum absolute atomic E-state index is 0.109. The fourth-order valence-electron chi connectivity index (χ4n) is 2.64. The third-order valence-electron chi connectivity index (χ3n) is 4.12. The van der Waals surface area contributed by atoms with E-state index in [1.807, 2.05) is 0 Å². The second kappa shape index (κ2) is 8.14. The third kappa shape index (κ3) is 4.29. The topological polar surface area (TPSA) is 90.3 Å². The van der Waals surface area contributed by atoms with Gasteiger partial charge in [-0.15, -0.1) is 0 Å². The van der Waals surface area contributed by atoms with Crippen LogP contribution in [0.15, 0.2) is 24.3 Å². The number of amides is 1. The van der Waals surface area contributed by atoms with Gasteiger partial charge < -0.3 is 10.1 Å². The maximum absolute atomic E-state index is 12.6. The SMILES string of the molecule is COC(=O)CC(NC(=O)C(=O)c1c(C)nn(C)c1C)c1ccc(Cl)cc1. The van der Waals surface area contributed by atoms with Crippen LogP contribution in [0.25, 0.3) is 0 Å². The van der Waals surface area contributed by atoms with E-state index in [9.17, 15) is 14.4 Å². The van der Waals surface area contributed by atoms with Crippen LogP contribution in [0.5, 0.6) is 0 Å². The van der Waals surface area contributed by atoms with Gasteiger partial charge in [-0.1, -0.05) is 23.7 Å². The monoisotopic (exact) mass is 377 g/mol. The molecule has 1 atom stereocenters. The number of esters is 1. The molecule has 0 aliphatic heterocycles. The number of carbonyl (C=O) groups is 3. The van der Waals surface area contributed by atoms with Crippen molar-refractivity contribution in [3.8, 4) is 0 Å². The fourth-order valence-corrected chi connectivity index (χ4v) is 2.76. The van der Waals surface area contributed by atoms with Crippen LogP contribution >= 0.6 is 11.6 Å². The number of carbonyl (C=O) groups excluding carboxylic acids is 3. The molecule has 0 fully saturated rings. The van der Waals surface area contributed by atoms with Crippen molar-refractivity contribution < 1.29 is 19.1 Å². The van der Waals surface area contributed by atoms with Crippen molar-refractivity contribution in [2.24, 2.45) is 7.05 Å². The molecule has 2 aromatic rings. The summed E-state index contributed by atoms with van der Waals surface area (Å²) in [5, 5.41) is 7.28. The van der Waals surface area contributed by atoms with Crippen molar-refractivity contribution in [2.75, 3.05) is 7.11 Å². The molecule has 1 amide bonds. The van der Waals surface area contributed by atoms with Crippen LogP contribution in [0.1, 0.15) is 39.8 Å². The summed E-state index contributed by atoms with van der Waals surface area (Å²) < 4.78 is 6.22. The van der Waals surface area contributed by atoms with E-state index in [-0.39, 0.29) is 12.0 Å². The molecule has 8 heteroatoms.